The summed E-state index contributed by atoms with van der Waals surface area (Å²) in [7, 11) is 0. The molecule has 2 atom stereocenters. The van der Waals surface area contributed by atoms with Crippen LogP contribution >= 0.6 is 0 Å². The SMILES string of the molecule is CC1CCCCC1NC(=O)COC(=O)c1ccc(N2CCOCC2)c([N+](=O)[O-])c1. The number of ether oxygens (including phenoxy) is 2. The zero-order chi connectivity index (χ0) is 20.8. The number of morpholine rings is 1. The Hall–Kier alpha value is -2.68. The Bertz CT molecular complexity index is 763. The number of hydrogen-bond donors (Lipinski definition) is 1. The Morgan fingerprint density at radius 3 is 2.69 bits per heavy atom. The highest BCUT2D eigenvalue weighted by Crippen LogP contribution is 2.30. The van der Waals surface area contributed by atoms with E-state index >= 15 is 0 Å². The van der Waals surface area contributed by atoms with E-state index in [0.717, 1.165) is 19.3 Å². The maximum absolute atomic E-state index is 12.3. The van der Waals surface area contributed by atoms with Crippen molar-refractivity contribution in [3.05, 3.63) is 33.9 Å². The molecular formula is C20H27N3O6. The van der Waals surface area contributed by atoms with Gasteiger partial charge in [-0.2, -0.15) is 0 Å². The van der Waals surface area contributed by atoms with Crippen LogP contribution in [0.25, 0.3) is 0 Å². The van der Waals surface area contributed by atoms with Crippen molar-refractivity contribution in [2.24, 2.45) is 5.92 Å². The number of carbonyl (C=O) groups excluding carboxylic acids is 2. The largest absolute Gasteiger partial charge is 0.452 e. The highest BCUT2D eigenvalue weighted by atomic mass is 16.6. The molecule has 0 spiro atoms. The predicted octanol–water partition coefficient (Wildman–Crippen LogP) is 2.28. The lowest BCUT2D eigenvalue weighted by Crippen LogP contribution is -2.42. The smallest absolute Gasteiger partial charge is 0.338 e. The Morgan fingerprint density at radius 1 is 1.28 bits per heavy atom. The third kappa shape index (κ3) is 5.44. The molecule has 1 N–H and O–H groups in total. The van der Waals surface area contributed by atoms with Gasteiger partial charge in [-0.3, -0.25) is 14.9 Å². The molecule has 1 aromatic carbocycles. The number of nitro groups is 1. The zero-order valence-electron chi connectivity index (χ0n) is 16.6. The van der Waals surface area contributed by atoms with Crippen molar-refractivity contribution in [3.8, 4) is 0 Å². The fraction of sp³-hybridized carbons (Fsp3) is 0.600. The summed E-state index contributed by atoms with van der Waals surface area (Å²) >= 11 is 0. The Kier molecular flexibility index (Phi) is 7.03. The van der Waals surface area contributed by atoms with Crippen LogP contribution in [0.3, 0.4) is 0 Å². The molecule has 1 heterocycles. The van der Waals surface area contributed by atoms with Gasteiger partial charge in [0.2, 0.25) is 0 Å². The molecule has 2 fully saturated rings. The van der Waals surface area contributed by atoms with Crippen molar-refractivity contribution in [2.45, 2.75) is 38.6 Å². The Balaban J connectivity index is 1.60. The first-order valence-electron chi connectivity index (χ1n) is 10.0. The number of nitrogens with zero attached hydrogens (tertiary/aromatic N) is 2. The van der Waals surface area contributed by atoms with Gasteiger partial charge >= 0.3 is 5.97 Å². The van der Waals surface area contributed by atoms with E-state index in [1.165, 1.54) is 18.6 Å². The lowest BCUT2D eigenvalue weighted by Gasteiger charge is -2.29. The number of anilines is 1. The van der Waals surface area contributed by atoms with Crippen molar-refractivity contribution in [3.63, 3.8) is 0 Å². The number of rotatable bonds is 6. The minimum absolute atomic E-state index is 0.0487. The molecule has 1 aliphatic carbocycles. The summed E-state index contributed by atoms with van der Waals surface area (Å²) < 4.78 is 10.4. The minimum atomic E-state index is -0.756. The molecule has 3 rings (SSSR count). The molecule has 1 amide bonds. The second-order valence-electron chi connectivity index (χ2n) is 7.57. The van der Waals surface area contributed by atoms with Gasteiger partial charge in [-0.1, -0.05) is 19.8 Å². The van der Waals surface area contributed by atoms with E-state index in [9.17, 15) is 19.7 Å². The van der Waals surface area contributed by atoms with Crippen molar-refractivity contribution in [1.82, 2.24) is 5.32 Å². The first-order chi connectivity index (χ1) is 14.0. The average molecular weight is 405 g/mol. The topological polar surface area (TPSA) is 111 Å². The van der Waals surface area contributed by atoms with Crippen molar-refractivity contribution in [1.29, 1.82) is 0 Å². The highest BCUT2D eigenvalue weighted by Gasteiger charge is 2.25. The summed E-state index contributed by atoms with van der Waals surface area (Å²) in [5.41, 5.74) is 0.327. The van der Waals surface area contributed by atoms with E-state index < -0.39 is 17.5 Å². The molecule has 29 heavy (non-hydrogen) atoms. The zero-order valence-corrected chi connectivity index (χ0v) is 16.6. The number of amides is 1. The molecule has 158 valence electrons. The monoisotopic (exact) mass is 405 g/mol. The molecule has 1 aromatic rings. The third-order valence-corrected chi connectivity index (χ3v) is 5.55. The summed E-state index contributed by atoms with van der Waals surface area (Å²) in [6.45, 7) is 3.78. The van der Waals surface area contributed by atoms with Crippen LogP contribution in [-0.4, -0.2) is 55.8 Å². The van der Waals surface area contributed by atoms with Gasteiger partial charge in [0, 0.05) is 25.2 Å². The third-order valence-electron chi connectivity index (χ3n) is 5.55. The first kappa shape index (κ1) is 21.0. The molecule has 0 aromatic heterocycles. The molecule has 9 nitrogen and oxygen atoms in total. The summed E-state index contributed by atoms with van der Waals surface area (Å²) in [5.74, 6) is -0.705. The van der Waals surface area contributed by atoms with Gasteiger partial charge in [-0.15, -0.1) is 0 Å². The molecule has 2 unspecified atom stereocenters. The second-order valence-corrected chi connectivity index (χ2v) is 7.57. The molecule has 1 aliphatic heterocycles. The normalized spacial score (nSPS) is 22.0. The number of nitrogens with one attached hydrogen (secondary N) is 1. The maximum atomic E-state index is 12.3. The molecular weight excluding hydrogens is 378 g/mol. The van der Waals surface area contributed by atoms with Crippen LogP contribution in [0, 0.1) is 16.0 Å². The van der Waals surface area contributed by atoms with Crippen molar-refractivity contribution >= 4 is 23.3 Å². The van der Waals surface area contributed by atoms with Crippen molar-refractivity contribution < 1.29 is 24.0 Å². The molecule has 0 radical (unpaired) electrons. The van der Waals surface area contributed by atoms with E-state index in [0.29, 0.717) is 37.9 Å². The number of carbonyl (C=O) groups is 2. The van der Waals surface area contributed by atoms with Crippen LogP contribution in [0.5, 0.6) is 0 Å². The predicted molar refractivity (Wildman–Crippen MR) is 106 cm³/mol. The molecule has 2 aliphatic rings. The molecule has 9 heteroatoms. The van der Waals surface area contributed by atoms with Gasteiger partial charge < -0.3 is 19.7 Å². The van der Waals surface area contributed by atoms with E-state index in [2.05, 4.69) is 12.2 Å². The Labute approximate surface area is 169 Å². The molecule has 1 saturated carbocycles. The van der Waals surface area contributed by atoms with Crippen LogP contribution in [0.2, 0.25) is 0 Å². The summed E-state index contributed by atoms with van der Waals surface area (Å²) in [4.78, 5) is 37.3. The summed E-state index contributed by atoms with van der Waals surface area (Å²) in [6.07, 6.45) is 4.25. The van der Waals surface area contributed by atoms with Crippen molar-refractivity contribution in [2.75, 3.05) is 37.8 Å². The van der Waals surface area contributed by atoms with E-state index in [1.54, 1.807) is 6.07 Å². The number of esters is 1. The minimum Gasteiger partial charge on any atom is -0.452 e. The van der Waals surface area contributed by atoms with Gasteiger partial charge in [-0.05, 0) is 30.9 Å². The molecule has 0 bridgehead atoms. The van der Waals surface area contributed by atoms with Gasteiger partial charge in [0.25, 0.3) is 11.6 Å². The van der Waals surface area contributed by atoms with Crippen LogP contribution in [0.4, 0.5) is 11.4 Å². The van der Waals surface area contributed by atoms with Crippen LogP contribution in [0.15, 0.2) is 18.2 Å². The lowest BCUT2D eigenvalue weighted by molar-refractivity contribution is -0.384. The fourth-order valence-electron chi connectivity index (χ4n) is 3.86. The highest BCUT2D eigenvalue weighted by molar-refractivity contribution is 5.93. The van der Waals surface area contributed by atoms with Crippen LogP contribution in [0.1, 0.15) is 43.0 Å². The standard InChI is InChI=1S/C20H27N3O6/c1-14-4-2-3-5-16(14)21-19(24)13-29-20(25)15-6-7-17(18(12-15)23(26)27)22-8-10-28-11-9-22/h6-7,12,14,16H,2-5,8-11,13H2,1H3,(H,21,24). The van der Waals surface area contributed by atoms with Crippen LogP contribution < -0.4 is 10.2 Å². The van der Waals surface area contributed by atoms with Crippen LogP contribution in [-0.2, 0) is 14.3 Å². The van der Waals surface area contributed by atoms with E-state index in [4.69, 9.17) is 9.47 Å². The average Bonchev–Trinajstić information content (AvgIpc) is 2.74. The lowest BCUT2D eigenvalue weighted by atomic mass is 9.86. The number of benzene rings is 1. The van der Waals surface area contributed by atoms with E-state index in [1.807, 2.05) is 4.90 Å². The van der Waals surface area contributed by atoms with Gasteiger partial charge in [0.15, 0.2) is 6.61 Å². The summed E-state index contributed by atoms with van der Waals surface area (Å²) in [5, 5.41) is 14.4. The Morgan fingerprint density at radius 2 is 2.00 bits per heavy atom. The summed E-state index contributed by atoms with van der Waals surface area (Å²) in [6, 6.07) is 4.34. The number of hydrogen-bond acceptors (Lipinski definition) is 7. The van der Waals surface area contributed by atoms with Gasteiger partial charge in [0.1, 0.15) is 5.69 Å². The van der Waals surface area contributed by atoms with Gasteiger partial charge in [0.05, 0.1) is 23.7 Å². The quantitative estimate of drug-likeness (QED) is 0.439. The maximum Gasteiger partial charge on any atom is 0.338 e. The van der Waals surface area contributed by atoms with Gasteiger partial charge in [-0.25, -0.2) is 4.79 Å². The number of nitro benzene ring substituents is 1. The first-order valence-corrected chi connectivity index (χ1v) is 10.0. The molecule has 1 saturated heterocycles. The van der Waals surface area contributed by atoms with E-state index in [-0.39, 0.29) is 23.2 Å². The second kappa shape index (κ2) is 9.69. The fourth-order valence-corrected chi connectivity index (χ4v) is 3.86.